The molecule has 0 aliphatic carbocycles. The van der Waals surface area contributed by atoms with Gasteiger partial charge in [0.05, 0.1) is 11.4 Å². The van der Waals surface area contributed by atoms with Crippen molar-refractivity contribution >= 4 is 17.7 Å². The van der Waals surface area contributed by atoms with Gasteiger partial charge in [0.1, 0.15) is 6.29 Å². The quantitative estimate of drug-likeness (QED) is 0.323. The molecule has 3 heteroatoms. The van der Waals surface area contributed by atoms with Crippen LogP contribution in [0.4, 0.5) is 11.4 Å². The molecule has 0 aromatic heterocycles. The van der Waals surface area contributed by atoms with E-state index in [9.17, 15) is 4.79 Å². The van der Waals surface area contributed by atoms with Crippen LogP contribution in [0.3, 0.4) is 0 Å². The number of hydrogen-bond donors (Lipinski definition) is 0. The Balaban J connectivity index is 0.000000861. The van der Waals surface area contributed by atoms with Gasteiger partial charge in [-0.25, -0.2) is 0 Å². The maximum Gasteiger partial charge on any atom is 0.122 e. The topological polar surface area (TPSA) is 41.8 Å². The van der Waals surface area contributed by atoms with Gasteiger partial charge in [0.25, 0.3) is 0 Å². The zero-order valence-electron chi connectivity index (χ0n) is 21.2. The Morgan fingerprint density at radius 2 is 0.774 bits per heavy atom. The standard InChI is InChI=1S/C24H34N2.C4H8O/c1-15(2)19-11-9-12-20(16(3)4)23(19)25-26-24-21(17(5)6)13-10-14-22(24)18(7)8;1-4(2)3-5/h9-18H,1-8H3;3-4H,1-2H3. The van der Waals surface area contributed by atoms with E-state index in [0.29, 0.717) is 23.7 Å². The van der Waals surface area contributed by atoms with Crippen LogP contribution < -0.4 is 0 Å². The molecule has 2 rings (SSSR count). The third-order valence-corrected chi connectivity index (χ3v) is 5.21. The number of hydrogen-bond acceptors (Lipinski definition) is 3. The van der Waals surface area contributed by atoms with Crippen molar-refractivity contribution in [2.45, 2.75) is 92.9 Å². The van der Waals surface area contributed by atoms with Gasteiger partial charge in [0.2, 0.25) is 0 Å². The summed E-state index contributed by atoms with van der Waals surface area (Å²) >= 11 is 0. The van der Waals surface area contributed by atoms with Gasteiger partial charge in [0, 0.05) is 5.92 Å². The Kier molecular flexibility index (Phi) is 10.8. The maximum absolute atomic E-state index is 9.50. The number of carbonyl (C=O) groups excluding carboxylic acids is 1. The van der Waals surface area contributed by atoms with Gasteiger partial charge in [-0.05, 0) is 45.9 Å². The van der Waals surface area contributed by atoms with Crippen LogP contribution in [0.5, 0.6) is 0 Å². The lowest BCUT2D eigenvalue weighted by Gasteiger charge is -2.17. The lowest BCUT2D eigenvalue weighted by Crippen LogP contribution is -1.96. The number of azo groups is 1. The van der Waals surface area contributed by atoms with E-state index in [0.717, 1.165) is 17.7 Å². The highest BCUT2D eigenvalue weighted by Gasteiger charge is 2.16. The number of carbonyl (C=O) groups is 1. The summed E-state index contributed by atoms with van der Waals surface area (Å²) in [5.41, 5.74) is 7.18. The van der Waals surface area contributed by atoms with Crippen molar-refractivity contribution in [2.24, 2.45) is 16.1 Å². The molecule has 0 aliphatic rings. The Labute approximate surface area is 190 Å². The van der Waals surface area contributed by atoms with Crippen LogP contribution >= 0.6 is 0 Å². The summed E-state index contributed by atoms with van der Waals surface area (Å²) in [6.07, 6.45) is 0.917. The Bertz CT molecular complexity index is 743. The Hall–Kier alpha value is -2.29. The number of nitrogens with zero attached hydrogens (tertiary/aromatic N) is 2. The van der Waals surface area contributed by atoms with Crippen LogP contribution in [0.2, 0.25) is 0 Å². The van der Waals surface area contributed by atoms with E-state index in [1.807, 2.05) is 13.8 Å². The smallest absolute Gasteiger partial charge is 0.122 e. The van der Waals surface area contributed by atoms with Crippen LogP contribution in [0.25, 0.3) is 0 Å². The van der Waals surface area contributed by atoms with Crippen LogP contribution in [0, 0.1) is 5.92 Å². The van der Waals surface area contributed by atoms with Gasteiger partial charge in [-0.2, -0.15) is 0 Å². The fourth-order valence-electron chi connectivity index (χ4n) is 3.35. The number of benzene rings is 2. The number of aldehydes is 1. The fourth-order valence-corrected chi connectivity index (χ4v) is 3.35. The largest absolute Gasteiger partial charge is 0.303 e. The van der Waals surface area contributed by atoms with Crippen molar-refractivity contribution in [3.63, 3.8) is 0 Å². The first-order valence-corrected chi connectivity index (χ1v) is 11.6. The normalized spacial score (nSPS) is 11.7. The lowest BCUT2D eigenvalue weighted by atomic mass is 9.92. The molecule has 0 bridgehead atoms. The molecule has 2 aromatic carbocycles. The second-order valence-electron chi connectivity index (χ2n) is 9.77. The molecule has 0 N–H and O–H groups in total. The molecular weight excluding hydrogens is 380 g/mol. The summed E-state index contributed by atoms with van der Waals surface area (Å²) in [5, 5.41) is 9.66. The van der Waals surface area contributed by atoms with Crippen LogP contribution in [0.15, 0.2) is 46.6 Å². The van der Waals surface area contributed by atoms with Crippen LogP contribution in [-0.4, -0.2) is 6.29 Å². The predicted molar refractivity (Wildman–Crippen MR) is 134 cm³/mol. The first-order valence-electron chi connectivity index (χ1n) is 11.6. The number of rotatable bonds is 7. The van der Waals surface area contributed by atoms with Crippen molar-refractivity contribution in [3.05, 3.63) is 58.7 Å². The first-order chi connectivity index (χ1) is 14.5. The van der Waals surface area contributed by atoms with Gasteiger partial charge in [-0.1, -0.05) is 106 Å². The van der Waals surface area contributed by atoms with Crippen molar-refractivity contribution in [3.8, 4) is 0 Å². The highest BCUT2D eigenvalue weighted by Crippen LogP contribution is 2.39. The molecule has 0 saturated heterocycles. The summed E-state index contributed by atoms with van der Waals surface area (Å²) < 4.78 is 0. The van der Waals surface area contributed by atoms with E-state index in [4.69, 9.17) is 10.2 Å². The monoisotopic (exact) mass is 422 g/mol. The molecule has 0 saturated carbocycles. The minimum Gasteiger partial charge on any atom is -0.303 e. The van der Waals surface area contributed by atoms with E-state index in [1.165, 1.54) is 22.3 Å². The molecular formula is C28H42N2O. The zero-order valence-corrected chi connectivity index (χ0v) is 21.2. The van der Waals surface area contributed by atoms with Gasteiger partial charge in [-0.3, -0.25) is 0 Å². The van der Waals surface area contributed by atoms with Gasteiger partial charge >= 0.3 is 0 Å². The van der Waals surface area contributed by atoms with Crippen molar-refractivity contribution in [1.29, 1.82) is 0 Å². The first kappa shape index (κ1) is 26.7. The fraction of sp³-hybridized carbons (Fsp3) is 0.536. The zero-order chi connectivity index (χ0) is 23.7. The molecule has 0 aliphatic heterocycles. The lowest BCUT2D eigenvalue weighted by molar-refractivity contribution is -0.110. The molecule has 31 heavy (non-hydrogen) atoms. The molecule has 0 radical (unpaired) electrons. The maximum atomic E-state index is 9.50. The molecule has 0 spiro atoms. The van der Waals surface area contributed by atoms with Crippen molar-refractivity contribution in [1.82, 2.24) is 0 Å². The third-order valence-electron chi connectivity index (χ3n) is 5.21. The second kappa shape index (κ2) is 12.5. The van der Waals surface area contributed by atoms with Gasteiger partial charge < -0.3 is 4.79 Å². The Morgan fingerprint density at radius 3 is 0.935 bits per heavy atom. The minimum absolute atomic E-state index is 0.204. The summed E-state index contributed by atoms with van der Waals surface area (Å²) in [7, 11) is 0. The van der Waals surface area contributed by atoms with E-state index >= 15 is 0 Å². The van der Waals surface area contributed by atoms with Crippen molar-refractivity contribution in [2.75, 3.05) is 0 Å². The molecule has 0 amide bonds. The van der Waals surface area contributed by atoms with Crippen molar-refractivity contribution < 1.29 is 4.79 Å². The van der Waals surface area contributed by atoms with E-state index in [1.54, 1.807) is 0 Å². The van der Waals surface area contributed by atoms with Gasteiger partial charge in [-0.15, -0.1) is 10.2 Å². The molecule has 3 nitrogen and oxygen atoms in total. The highest BCUT2D eigenvalue weighted by molar-refractivity contribution is 5.58. The second-order valence-corrected chi connectivity index (χ2v) is 9.77. The van der Waals surface area contributed by atoms with Crippen LogP contribution in [-0.2, 0) is 4.79 Å². The minimum atomic E-state index is 0.204. The summed E-state index contributed by atoms with van der Waals surface area (Å²) in [6.45, 7) is 21.5. The molecule has 0 unspecified atom stereocenters. The summed E-state index contributed by atoms with van der Waals surface area (Å²) in [6, 6.07) is 13.0. The average Bonchev–Trinajstić information content (AvgIpc) is 2.71. The summed E-state index contributed by atoms with van der Waals surface area (Å²) in [5.74, 6) is 1.90. The molecule has 0 atom stereocenters. The molecule has 0 heterocycles. The molecule has 0 fully saturated rings. The summed E-state index contributed by atoms with van der Waals surface area (Å²) in [4.78, 5) is 9.50. The molecule has 2 aromatic rings. The SMILES string of the molecule is CC(C)C=O.CC(C)c1cccc(C(C)C)c1N=Nc1c(C(C)C)cccc1C(C)C. The average molecular weight is 423 g/mol. The predicted octanol–water partition coefficient (Wildman–Crippen LogP) is 9.44. The van der Waals surface area contributed by atoms with E-state index in [-0.39, 0.29) is 5.92 Å². The van der Waals surface area contributed by atoms with E-state index in [2.05, 4.69) is 91.8 Å². The van der Waals surface area contributed by atoms with Crippen LogP contribution in [0.1, 0.15) is 115 Å². The van der Waals surface area contributed by atoms with E-state index < -0.39 is 0 Å². The highest BCUT2D eigenvalue weighted by atomic mass is 16.1. The third kappa shape index (κ3) is 7.72. The van der Waals surface area contributed by atoms with Gasteiger partial charge in [0.15, 0.2) is 0 Å². The molecule has 170 valence electrons. The Morgan fingerprint density at radius 1 is 0.548 bits per heavy atom.